The zero-order chi connectivity index (χ0) is 7.82. The van der Waals surface area contributed by atoms with Crippen LogP contribution in [0.3, 0.4) is 0 Å². The van der Waals surface area contributed by atoms with Crippen molar-refractivity contribution in [3.05, 3.63) is 17.6 Å². The first-order valence-corrected chi connectivity index (χ1v) is 4.45. The molecule has 0 spiro atoms. The first-order valence-electron chi connectivity index (χ1n) is 3.61. The number of rotatable bonds is 1. The Morgan fingerprint density at radius 2 is 2.10 bits per heavy atom. The molecule has 0 aliphatic carbocycles. The van der Waals surface area contributed by atoms with E-state index in [1.54, 1.807) is 6.20 Å². The van der Waals surface area contributed by atoms with Gasteiger partial charge in [0.2, 0.25) is 0 Å². The summed E-state index contributed by atoms with van der Waals surface area (Å²) in [7, 11) is 0. The molecule has 0 saturated heterocycles. The smallest absolute Gasteiger partial charge is 0.0406 e. The highest BCUT2D eigenvalue weighted by atomic mass is 32.1. The topological polar surface area (TPSA) is 12.9 Å². The van der Waals surface area contributed by atoms with E-state index in [1.165, 1.54) is 18.0 Å². The minimum Gasteiger partial charge on any atom is -0.201 e. The fraction of sp³-hybridized carbons (Fsp3) is 0.625. The highest BCUT2D eigenvalue weighted by Gasteiger charge is 1.80. The molecule has 0 unspecified atom stereocenters. The molecule has 0 amide bonds. The van der Waals surface area contributed by atoms with E-state index in [9.17, 15) is 0 Å². The minimum atomic E-state index is 0.884. The Labute approximate surface area is 67.3 Å². The molecule has 0 aromatic carbocycles. The van der Waals surface area contributed by atoms with Gasteiger partial charge in [-0.05, 0) is 23.5 Å². The summed E-state index contributed by atoms with van der Waals surface area (Å²) in [5.41, 5.74) is 0. The van der Waals surface area contributed by atoms with Crippen LogP contribution in [-0.4, -0.2) is 4.37 Å². The van der Waals surface area contributed by atoms with Crippen molar-refractivity contribution in [2.75, 3.05) is 0 Å². The zero-order valence-corrected chi connectivity index (χ0v) is 7.69. The van der Waals surface area contributed by atoms with E-state index < -0.39 is 0 Å². The molecule has 0 aliphatic heterocycles. The van der Waals surface area contributed by atoms with Crippen molar-refractivity contribution in [1.82, 2.24) is 4.37 Å². The molecule has 58 valence electrons. The second-order valence-corrected chi connectivity index (χ2v) is 3.18. The van der Waals surface area contributed by atoms with Gasteiger partial charge in [-0.1, -0.05) is 27.2 Å². The van der Waals surface area contributed by atoms with E-state index in [0.717, 1.165) is 5.92 Å². The summed E-state index contributed by atoms with van der Waals surface area (Å²) in [5.74, 6) is 0.884. The summed E-state index contributed by atoms with van der Waals surface area (Å²) < 4.78 is 3.76. The van der Waals surface area contributed by atoms with Crippen LogP contribution >= 0.6 is 11.5 Å². The molecule has 1 rings (SSSR count). The fourth-order valence-corrected chi connectivity index (χ4v) is 0.527. The number of hydrogen-bond acceptors (Lipinski definition) is 2. The molecule has 1 heterocycles. The van der Waals surface area contributed by atoms with E-state index in [4.69, 9.17) is 0 Å². The predicted octanol–water partition coefficient (Wildman–Crippen LogP) is 3.20. The molecule has 0 atom stereocenters. The summed E-state index contributed by atoms with van der Waals surface area (Å²) in [6.07, 6.45) is 3.07. The lowest BCUT2D eigenvalue weighted by molar-refractivity contribution is 0.626. The van der Waals surface area contributed by atoms with Crippen LogP contribution in [0.5, 0.6) is 0 Å². The van der Waals surface area contributed by atoms with E-state index >= 15 is 0 Å². The first-order chi connectivity index (χ1) is 4.77. The molecule has 0 N–H and O–H groups in total. The Kier molecular flexibility index (Phi) is 6.50. The Balaban J connectivity index is 0.000000162. The average molecular weight is 157 g/mol. The maximum absolute atomic E-state index is 3.76. The standard InChI is InChI=1S/C5H12.C3H3NS/c1-4-5(2)3;1-2-4-5-3-1/h5H,4H2,1-3H3;1-3H. The summed E-state index contributed by atoms with van der Waals surface area (Å²) in [4.78, 5) is 0. The van der Waals surface area contributed by atoms with Crippen molar-refractivity contribution in [3.63, 3.8) is 0 Å². The van der Waals surface area contributed by atoms with Crippen molar-refractivity contribution in [2.45, 2.75) is 27.2 Å². The van der Waals surface area contributed by atoms with Gasteiger partial charge in [0.15, 0.2) is 0 Å². The Morgan fingerprint density at radius 3 is 2.20 bits per heavy atom. The molecule has 1 nitrogen and oxygen atoms in total. The van der Waals surface area contributed by atoms with Gasteiger partial charge in [-0.25, -0.2) is 4.37 Å². The summed E-state index contributed by atoms with van der Waals surface area (Å²) >= 11 is 1.46. The monoisotopic (exact) mass is 157 g/mol. The van der Waals surface area contributed by atoms with Gasteiger partial charge in [0, 0.05) is 11.6 Å². The van der Waals surface area contributed by atoms with Gasteiger partial charge in [0.05, 0.1) is 0 Å². The van der Waals surface area contributed by atoms with E-state index in [1.807, 2.05) is 11.4 Å². The zero-order valence-electron chi connectivity index (χ0n) is 6.87. The largest absolute Gasteiger partial charge is 0.201 e. The van der Waals surface area contributed by atoms with Crippen LogP contribution in [0.25, 0.3) is 0 Å². The van der Waals surface area contributed by atoms with Gasteiger partial charge in [0.1, 0.15) is 0 Å². The molecule has 1 aromatic heterocycles. The SMILES string of the molecule is CCC(C)C.c1cnsc1. The fourth-order valence-electron chi connectivity index (χ4n) is 0.176. The summed E-state index contributed by atoms with van der Waals surface area (Å²) in [5, 5.41) is 1.93. The maximum Gasteiger partial charge on any atom is 0.0406 e. The molecular formula is C8H15NS. The highest BCUT2D eigenvalue weighted by Crippen LogP contribution is 1.93. The molecule has 0 aliphatic rings. The molecule has 1 aromatic rings. The van der Waals surface area contributed by atoms with E-state index in [-0.39, 0.29) is 0 Å². The van der Waals surface area contributed by atoms with E-state index in [0.29, 0.717) is 0 Å². The molecule has 10 heavy (non-hydrogen) atoms. The van der Waals surface area contributed by atoms with Gasteiger partial charge in [-0.2, -0.15) is 0 Å². The second kappa shape index (κ2) is 6.75. The van der Waals surface area contributed by atoms with Gasteiger partial charge in [0.25, 0.3) is 0 Å². The lowest BCUT2D eigenvalue weighted by Gasteiger charge is -1.90. The molecule has 0 fully saturated rings. The van der Waals surface area contributed by atoms with Crippen LogP contribution in [0, 0.1) is 5.92 Å². The third-order valence-corrected chi connectivity index (χ3v) is 1.69. The third-order valence-electron chi connectivity index (χ3n) is 1.16. The highest BCUT2D eigenvalue weighted by molar-refractivity contribution is 7.03. The second-order valence-electron chi connectivity index (χ2n) is 2.49. The van der Waals surface area contributed by atoms with Crippen LogP contribution < -0.4 is 0 Å². The third kappa shape index (κ3) is 7.63. The lowest BCUT2D eigenvalue weighted by Crippen LogP contribution is -1.77. The Morgan fingerprint density at radius 1 is 1.50 bits per heavy atom. The normalized spacial score (nSPS) is 8.80. The summed E-state index contributed by atoms with van der Waals surface area (Å²) in [6.45, 7) is 6.64. The van der Waals surface area contributed by atoms with Gasteiger partial charge < -0.3 is 0 Å². The van der Waals surface area contributed by atoms with Crippen LogP contribution in [0.15, 0.2) is 17.6 Å². The van der Waals surface area contributed by atoms with Crippen LogP contribution in [0.1, 0.15) is 27.2 Å². The quantitative estimate of drug-likeness (QED) is 0.610. The Hall–Kier alpha value is -0.370. The van der Waals surface area contributed by atoms with Crippen LogP contribution in [-0.2, 0) is 0 Å². The average Bonchev–Trinajstić information content (AvgIpc) is 2.43. The van der Waals surface area contributed by atoms with Crippen molar-refractivity contribution in [3.8, 4) is 0 Å². The molecule has 0 saturated carbocycles. The van der Waals surface area contributed by atoms with Gasteiger partial charge in [-0.3, -0.25) is 0 Å². The van der Waals surface area contributed by atoms with Crippen molar-refractivity contribution in [1.29, 1.82) is 0 Å². The summed E-state index contributed by atoms with van der Waals surface area (Å²) in [6, 6.07) is 1.91. The van der Waals surface area contributed by atoms with Crippen molar-refractivity contribution >= 4 is 11.5 Å². The molecule has 0 radical (unpaired) electrons. The molecule has 2 heteroatoms. The van der Waals surface area contributed by atoms with Gasteiger partial charge in [-0.15, -0.1) is 0 Å². The molecule has 0 bridgehead atoms. The van der Waals surface area contributed by atoms with E-state index in [2.05, 4.69) is 25.1 Å². The number of hydrogen-bond donors (Lipinski definition) is 0. The van der Waals surface area contributed by atoms with Crippen LogP contribution in [0.2, 0.25) is 0 Å². The maximum atomic E-state index is 3.76. The number of nitrogens with zero attached hydrogens (tertiary/aromatic N) is 1. The van der Waals surface area contributed by atoms with Gasteiger partial charge >= 0.3 is 0 Å². The molecular weight excluding hydrogens is 142 g/mol. The van der Waals surface area contributed by atoms with Crippen LogP contribution in [0.4, 0.5) is 0 Å². The minimum absolute atomic E-state index is 0.884. The lowest BCUT2D eigenvalue weighted by atomic mass is 10.2. The number of aromatic nitrogens is 1. The predicted molar refractivity (Wildman–Crippen MR) is 47.2 cm³/mol. The van der Waals surface area contributed by atoms with Crippen molar-refractivity contribution < 1.29 is 0 Å². The first kappa shape index (κ1) is 9.63. The van der Waals surface area contributed by atoms with Crippen molar-refractivity contribution in [2.24, 2.45) is 5.92 Å². The Bertz CT molecular complexity index is 107.